The van der Waals surface area contributed by atoms with Crippen LogP contribution < -0.4 is 5.73 Å². The first-order valence-electron chi connectivity index (χ1n) is 4.57. The zero-order valence-corrected chi connectivity index (χ0v) is 7.86. The van der Waals surface area contributed by atoms with Crippen LogP contribution in [0.1, 0.15) is 0 Å². The summed E-state index contributed by atoms with van der Waals surface area (Å²) in [4.78, 5) is 0. The highest BCUT2D eigenvalue weighted by molar-refractivity contribution is 5.86. The van der Waals surface area contributed by atoms with Crippen molar-refractivity contribution in [3.05, 3.63) is 30.6 Å². The van der Waals surface area contributed by atoms with Crippen LogP contribution in [-0.4, -0.2) is 20.4 Å². The fourth-order valence-corrected chi connectivity index (χ4v) is 1.64. The van der Waals surface area contributed by atoms with Crippen molar-refractivity contribution in [1.82, 2.24) is 20.4 Å². The Morgan fingerprint density at radius 1 is 1.07 bits per heavy atom. The lowest BCUT2D eigenvalue weighted by Crippen LogP contribution is -1.87. The number of anilines is 1. The second-order valence-electron chi connectivity index (χ2n) is 3.37. The van der Waals surface area contributed by atoms with E-state index >= 15 is 0 Å². The number of nitrogens with two attached hydrogens (primary N) is 1. The van der Waals surface area contributed by atoms with Crippen molar-refractivity contribution < 1.29 is 0 Å². The first-order valence-corrected chi connectivity index (χ1v) is 4.57. The van der Waals surface area contributed by atoms with Crippen molar-refractivity contribution in [1.29, 1.82) is 0 Å². The molecule has 2 heterocycles. The molecule has 0 radical (unpaired) electrons. The lowest BCUT2D eigenvalue weighted by Gasteiger charge is -1.98. The summed E-state index contributed by atoms with van der Waals surface area (Å²) < 4.78 is 0. The molecule has 4 N–H and O–H groups in total. The zero-order chi connectivity index (χ0) is 10.3. The minimum atomic E-state index is 0.581. The van der Waals surface area contributed by atoms with Gasteiger partial charge in [0.25, 0.3) is 0 Å². The summed E-state index contributed by atoms with van der Waals surface area (Å²) in [6, 6.07) is 5.99. The smallest absolute Gasteiger partial charge is 0.126 e. The first kappa shape index (κ1) is 8.05. The number of nitrogen functional groups attached to an aromatic ring is 1. The van der Waals surface area contributed by atoms with E-state index in [-0.39, 0.29) is 0 Å². The molecule has 74 valence electrons. The summed E-state index contributed by atoms with van der Waals surface area (Å²) in [6.07, 6.45) is 3.51. The second-order valence-corrected chi connectivity index (χ2v) is 3.37. The molecule has 0 saturated heterocycles. The molecule has 0 aliphatic rings. The summed E-state index contributed by atoms with van der Waals surface area (Å²) in [5.74, 6) is 0.581. The summed E-state index contributed by atoms with van der Waals surface area (Å²) in [5.41, 5.74) is 8.72. The van der Waals surface area contributed by atoms with E-state index < -0.39 is 0 Å². The summed E-state index contributed by atoms with van der Waals surface area (Å²) >= 11 is 0. The van der Waals surface area contributed by atoms with Crippen LogP contribution in [0, 0.1) is 0 Å². The molecular formula is C10H9N5. The number of nitrogens with zero attached hydrogens (tertiary/aromatic N) is 2. The van der Waals surface area contributed by atoms with E-state index in [1.54, 1.807) is 12.4 Å². The van der Waals surface area contributed by atoms with Crippen LogP contribution in [-0.2, 0) is 0 Å². The molecule has 5 heteroatoms. The number of nitrogens with one attached hydrogen (secondary N) is 2. The number of hydrogen-bond acceptors (Lipinski definition) is 3. The number of benzene rings is 1. The van der Waals surface area contributed by atoms with Gasteiger partial charge >= 0.3 is 0 Å². The lowest BCUT2D eigenvalue weighted by atomic mass is 10.1. The summed E-state index contributed by atoms with van der Waals surface area (Å²) in [7, 11) is 0. The van der Waals surface area contributed by atoms with Crippen LogP contribution >= 0.6 is 0 Å². The van der Waals surface area contributed by atoms with E-state index in [0.29, 0.717) is 5.82 Å². The van der Waals surface area contributed by atoms with Crippen molar-refractivity contribution in [2.24, 2.45) is 0 Å². The van der Waals surface area contributed by atoms with Crippen molar-refractivity contribution in [2.45, 2.75) is 0 Å². The van der Waals surface area contributed by atoms with Gasteiger partial charge in [0.1, 0.15) is 5.82 Å². The van der Waals surface area contributed by atoms with Gasteiger partial charge < -0.3 is 5.73 Å². The Morgan fingerprint density at radius 2 is 1.93 bits per heavy atom. The highest BCUT2D eigenvalue weighted by Crippen LogP contribution is 2.26. The Bertz CT molecular complexity index is 607. The Labute approximate surface area is 85.3 Å². The average Bonchev–Trinajstić information content (AvgIpc) is 2.84. The molecule has 3 rings (SSSR count). The Morgan fingerprint density at radius 3 is 2.73 bits per heavy atom. The van der Waals surface area contributed by atoms with Gasteiger partial charge in [0.05, 0.1) is 17.9 Å². The topological polar surface area (TPSA) is 83.4 Å². The van der Waals surface area contributed by atoms with E-state index in [2.05, 4.69) is 20.4 Å². The van der Waals surface area contributed by atoms with Gasteiger partial charge in [-0.1, -0.05) is 6.07 Å². The number of rotatable bonds is 1. The van der Waals surface area contributed by atoms with Crippen LogP contribution in [0.2, 0.25) is 0 Å². The number of aromatic amines is 2. The third-order valence-electron chi connectivity index (χ3n) is 2.42. The third kappa shape index (κ3) is 1.17. The zero-order valence-electron chi connectivity index (χ0n) is 7.86. The highest BCUT2D eigenvalue weighted by Gasteiger charge is 2.05. The minimum Gasteiger partial charge on any atom is -0.384 e. The number of fused-ring (bicyclic) bond motifs is 1. The fraction of sp³-hybridized carbons (Fsp3) is 0. The molecule has 2 aromatic heterocycles. The molecule has 0 atom stereocenters. The maximum Gasteiger partial charge on any atom is 0.126 e. The van der Waals surface area contributed by atoms with Crippen LogP contribution in [0.4, 0.5) is 5.82 Å². The Balaban J connectivity index is 2.23. The molecule has 5 nitrogen and oxygen atoms in total. The van der Waals surface area contributed by atoms with Gasteiger partial charge in [-0.05, 0) is 17.7 Å². The quantitative estimate of drug-likeness (QED) is 0.555. The van der Waals surface area contributed by atoms with E-state index in [0.717, 1.165) is 22.0 Å². The monoisotopic (exact) mass is 199 g/mol. The van der Waals surface area contributed by atoms with Crippen LogP contribution in [0.15, 0.2) is 30.6 Å². The highest BCUT2D eigenvalue weighted by atomic mass is 15.1. The lowest BCUT2D eigenvalue weighted by molar-refractivity contribution is 1.10. The molecule has 3 aromatic rings. The van der Waals surface area contributed by atoms with Gasteiger partial charge in [0, 0.05) is 10.9 Å². The molecule has 15 heavy (non-hydrogen) atoms. The fourth-order valence-electron chi connectivity index (χ4n) is 1.64. The normalized spacial score (nSPS) is 10.9. The van der Waals surface area contributed by atoms with Gasteiger partial charge in [-0.25, -0.2) is 0 Å². The van der Waals surface area contributed by atoms with Crippen LogP contribution in [0.3, 0.4) is 0 Å². The van der Waals surface area contributed by atoms with Crippen LogP contribution in [0.5, 0.6) is 0 Å². The molecule has 0 aliphatic heterocycles. The van der Waals surface area contributed by atoms with Crippen molar-refractivity contribution in [2.75, 3.05) is 5.73 Å². The third-order valence-corrected chi connectivity index (χ3v) is 2.42. The van der Waals surface area contributed by atoms with Crippen molar-refractivity contribution in [3.63, 3.8) is 0 Å². The van der Waals surface area contributed by atoms with E-state index in [4.69, 9.17) is 5.73 Å². The van der Waals surface area contributed by atoms with Gasteiger partial charge in [0.15, 0.2) is 0 Å². The van der Waals surface area contributed by atoms with Gasteiger partial charge in [0.2, 0.25) is 0 Å². The van der Waals surface area contributed by atoms with Crippen molar-refractivity contribution >= 4 is 16.7 Å². The minimum absolute atomic E-state index is 0.581. The van der Waals surface area contributed by atoms with E-state index in [9.17, 15) is 0 Å². The molecule has 0 fully saturated rings. The van der Waals surface area contributed by atoms with Crippen LogP contribution in [0.25, 0.3) is 22.0 Å². The second kappa shape index (κ2) is 2.84. The summed E-state index contributed by atoms with van der Waals surface area (Å²) in [6.45, 7) is 0. The molecule has 0 spiro atoms. The maximum absolute atomic E-state index is 5.75. The maximum atomic E-state index is 5.75. The average molecular weight is 199 g/mol. The SMILES string of the molecule is Nc1[nH]ncc1-c1ccc2[nH]ncc2c1. The van der Waals surface area contributed by atoms with Gasteiger partial charge in [-0.3, -0.25) is 10.2 Å². The van der Waals surface area contributed by atoms with E-state index in [1.807, 2.05) is 18.2 Å². The van der Waals surface area contributed by atoms with Gasteiger partial charge in [-0.2, -0.15) is 10.2 Å². The largest absolute Gasteiger partial charge is 0.384 e. The summed E-state index contributed by atoms with van der Waals surface area (Å²) in [5, 5.41) is 14.5. The molecule has 1 aromatic carbocycles. The molecule has 0 aliphatic carbocycles. The molecule has 0 unspecified atom stereocenters. The number of H-pyrrole nitrogens is 2. The van der Waals surface area contributed by atoms with Gasteiger partial charge in [-0.15, -0.1) is 0 Å². The predicted octanol–water partition coefficient (Wildman–Crippen LogP) is 1.54. The number of hydrogen-bond donors (Lipinski definition) is 3. The standard InChI is InChI=1S/C10H9N5/c11-10-8(5-13-15-10)6-1-2-9-7(3-6)4-12-14-9/h1-5H,(H,12,14)(H3,11,13,15). The Kier molecular flexibility index (Phi) is 1.53. The first-order chi connectivity index (χ1) is 7.34. The predicted molar refractivity (Wildman–Crippen MR) is 58.1 cm³/mol. The molecular weight excluding hydrogens is 190 g/mol. The number of aromatic nitrogens is 4. The Hall–Kier alpha value is -2.30. The molecule has 0 saturated carbocycles. The molecule has 0 bridgehead atoms. The molecule has 0 amide bonds. The van der Waals surface area contributed by atoms with E-state index in [1.165, 1.54) is 0 Å². The van der Waals surface area contributed by atoms with Crippen molar-refractivity contribution in [3.8, 4) is 11.1 Å².